The molecule has 1 aliphatic rings. The molecule has 2 heterocycles. The maximum atomic E-state index is 12.6. The number of pyridine rings is 1. The van der Waals surface area contributed by atoms with E-state index in [9.17, 15) is 13.2 Å². The number of nitrogens with one attached hydrogen (secondary N) is 1. The van der Waals surface area contributed by atoms with E-state index in [2.05, 4.69) is 10.3 Å². The molecule has 1 saturated heterocycles. The van der Waals surface area contributed by atoms with Crippen LogP contribution in [-0.4, -0.2) is 42.5 Å². The van der Waals surface area contributed by atoms with Crippen LogP contribution in [0, 0.1) is 5.92 Å². The van der Waals surface area contributed by atoms with Crippen LogP contribution in [0.2, 0.25) is 0 Å². The second-order valence-electron chi connectivity index (χ2n) is 6.78. The van der Waals surface area contributed by atoms with E-state index < -0.39 is 10.0 Å². The van der Waals surface area contributed by atoms with Crippen molar-refractivity contribution in [2.45, 2.75) is 19.8 Å². The average Bonchev–Trinajstić information content (AvgIpc) is 2.73. The van der Waals surface area contributed by atoms with Gasteiger partial charge in [-0.25, -0.2) is 12.7 Å². The molecule has 0 radical (unpaired) electrons. The van der Waals surface area contributed by atoms with Crippen LogP contribution in [0.25, 0.3) is 12.2 Å². The Balaban J connectivity index is 1.58. The molecular weight excluding hydrogens is 374 g/mol. The largest absolute Gasteiger partial charge is 0.326 e. The zero-order valence-corrected chi connectivity index (χ0v) is 16.7. The average molecular weight is 400 g/mol. The maximum absolute atomic E-state index is 12.6. The zero-order valence-electron chi connectivity index (χ0n) is 15.9. The molecule has 148 valence electrons. The summed E-state index contributed by atoms with van der Waals surface area (Å²) in [5.41, 5.74) is 2.56. The van der Waals surface area contributed by atoms with Crippen LogP contribution < -0.4 is 5.32 Å². The standard InChI is InChI=1S/C21H25N3O3S/c1-2-28(26,27)24-14-11-18(12-15-24)21(25)23-20-8-5-6-17(16-20)9-10-19-7-3-4-13-22-19/h3-10,13,16,18H,2,11-12,14-15H2,1H3,(H,23,25)/b10-9+. The lowest BCUT2D eigenvalue weighted by molar-refractivity contribution is -0.120. The molecule has 1 aliphatic heterocycles. The number of aromatic nitrogens is 1. The predicted molar refractivity (Wildman–Crippen MR) is 112 cm³/mol. The molecule has 1 aromatic heterocycles. The molecule has 28 heavy (non-hydrogen) atoms. The quantitative estimate of drug-likeness (QED) is 0.809. The molecule has 1 amide bonds. The third-order valence-electron chi connectivity index (χ3n) is 4.87. The van der Waals surface area contributed by atoms with E-state index in [1.165, 1.54) is 4.31 Å². The van der Waals surface area contributed by atoms with E-state index in [1.807, 2.05) is 54.6 Å². The van der Waals surface area contributed by atoms with E-state index in [4.69, 9.17) is 0 Å². The molecule has 0 spiro atoms. The lowest BCUT2D eigenvalue weighted by atomic mass is 9.97. The van der Waals surface area contributed by atoms with E-state index in [0.29, 0.717) is 25.9 Å². The van der Waals surface area contributed by atoms with Crippen molar-refractivity contribution >= 4 is 33.8 Å². The van der Waals surface area contributed by atoms with Gasteiger partial charge in [0, 0.05) is 30.9 Å². The fourth-order valence-corrected chi connectivity index (χ4v) is 4.33. The van der Waals surface area contributed by atoms with E-state index in [-0.39, 0.29) is 17.6 Å². The molecule has 1 aromatic carbocycles. The van der Waals surface area contributed by atoms with Gasteiger partial charge in [-0.05, 0) is 55.7 Å². The summed E-state index contributed by atoms with van der Waals surface area (Å²) >= 11 is 0. The fourth-order valence-electron chi connectivity index (χ4n) is 3.20. The molecule has 1 fully saturated rings. The highest BCUT2D eigenvalue weighted by Crippen LogP contribution is 2.22. The van der Waals surface area contributed by atoms with Crippen molar-refractivity contribution in [2.75, 3.05) is 24.2 Å². The van der Waals surface area contributed by atoms with Crippen LogP contribution in [0.5, 0.6) is 0 Å². The number of rotatable bonds is 6. The van der Waals surface area contributed by atoms with Crippen molar-refractivity contribution in [1.29, 1.82) is 0 Å². The highest BCUT2D eigenvalue weighted by Gasteiger charge is 2.30. The van der Waals surface area contributed by atoms with Crippen LogP contribution in [0.1, 0.15) is 31.0 Å². The highest BCUT2D eigenvalue weighted by molar-refractivity contribution is 7.89. The number of carbonyl (C=O) groups excluding carboxylic acids is 1. The third kappa shape index (κ3) is 5.27. The molecule has 7 heteroatoms. The summed E-state index contributed by atoms with van der Waals surface area (Å²) in [6.45, 7) is 2.45. The van der Waals surface area contributed by atoms with Gasteiger partial charge in [0.2, 0.25) is 15.9 Å². The Kier molecular flexibility index (Phi) is 6.59. The van der Waals surface area contributed by atoms with Gasteiger partial charge in [0.05, 0.1) is 11.4 Å². The Morgan fingerprint density at radius 1 is 1.18 bits per heavy atom. The number of hydrogen-bond acceptors (Lipinski definition) is 4. The maximum Gasteiger partial charge on any atom is 0.227 e. The van der Waals surface area contributed by atoms with Crippen LogP contribution in [0.4, 0.5) is 5.69 Å². The molecule has 1 N–H and O–H groups in total. The van der Waals surface area contributed by atoms with Gasteiger partial charge in [0.25, 0.3) is 0 Å². The highest BCUT2D eigenvalue weighted by atomic mass is 32.2. The predicted octanol–water partition coefficient (Wildman–Crippen LogP) is 3.25. The molecule has 0 atom stereocenters. The minimum atomic E-state index is -3.18. The van der Waals surface area contributed by atoms with Crippen LogP contribution in [0.15, 0.2) is 48.7 Å². The van der Waals surface area contributed by atoms with Gasteiger partial charge in [-0.2, -0.15) is 0 Å². The van der Waals surface area contributed by atoms with Crippen molar-refractivity contribution in [3.05, 3.63) is 59.9 Å². The Hall–Kier alpha value is -2.51. The first-order valence-electron chi connectivity index (χ1n) is 9.46. The summed E-state index contributed by atoms with van der Waals surface area (Å²) in [5.74, 6) is -0.127. The lowest BCUT2D eigenvalue weighted by Gasteiger charge is -2.30. The molecular formula is C21H25N3O3S. The van der Waals surface area contributed by atoms with Crippen molar-refractivity contribution in [3.63, 3.8) is 0 Å². The SMILES string of the molecule is CCS(=O)(=O)N1CCC(C(=O)Nc2cccc(/C=C/c3ccccn3)c2)CC1. The minimum Gasteiger partial charge on any atom is -0.326 e. The Morgan fingerprint density at radius 2 is 1.96 bits per heavy atom. The zero-order chi connectivity index (χ0) is 20.0. The van der Waals surface area contributed by atoms with Crippen molar-refractivity contribution in [3.8, 4) is 0 Å². The summed E-state index contributed by atoms with van der Waals surface area (Å²) < 4.78 is 25.4. The molecule has 6 nitrogen and oxygen atoms in total. The number of amides is 1. The first kappa shape index (κ1) is 20.2. The van der Waals surface area contributed by atoms with Gasteiger partial charge in [-0.1, -0.05) is 24.3 Å². The monoisotopic (exact) mass is 399 g/mol. The molecule has 0 aliphatic carbocycles. The summed E-state index contributed by atoms with van der Waals surface area (Å²) in [4.78, 5) is 16.8. The van der Waals surface area contributed by atoms with E-state index in [0.717, 1.165) is 16.9 Å². The molecule has 3 rings (SSSR count). The number of nitrogens with zero attached hydrogens (tertiary/aromatic N) is 2. The van der Waals surface area contributed by atoms with Crippen LogP contribution >= 0.6 is 0 Å². The first-order valence-corrected chi connectivity index (χ1v) is 11.1. The Bertz CT molecular complexity index is 934. The van der Waals surface area contributed by atoms with E-state index >= 15 is 0 Å². The van der Waals surface area contributed by atoms with Gasteiger partial charge in [0.15, 0.2) is 0 Å². The fraction of sp³-hybridized carbons (Fsp3) is 0.333. The summed E-state index contributed by atoms with van der Waals surface area (Å²) in [5, 5.41) is 2.96. The van der Waals surface area contributed by atoms with Gasteiger partial charge >= 0.3 is 0 Å². The van der Waals surface area contributed by atoms with Crippen LogP contribution in [-0.2, 0) is 14.8 Å². The Morgan fingerprint density at radius 3 is 2.64 bits per heavy atom. The van der Waals surface area contributed by atoms with Gasteiger partial charge < -0.3 is 5.32 Å². The smallest absolute Gasteiger partial charge is 0.227 e. The normalized spacial score (nSPS) is 16.3. The van der Waals surface area contributed by atoms with Gasteiger partial charge in [0.1, 0.15) is 0 Å². The Labute approximate surface area is 166 Å². The number of sulfonamides is 1. The van der Waals surface area contributed by atoms with E-state index in [1.54, 1.807) is 13.1 Å². The number of hydrogen-bond donors (Lipinski definition) is 1. The first-order chi connectivity index (χ1) is 13.5. The summed E-state index contributed by atoms with van der Waals surface area (Å²) in [6, 6.07) is 13.3. The number of piperidine rings is 1. The van der Waals surface area contributed by atoms with Crippen molar-refractivity contribution in [1.82, 2.24) is 9.29 Å². The molecule has 0 bridgehead atoms. The number of anilines is 1. The number of benzene rings is 1. The van der Waals surface area contributed by atoms with Crippen molar-refractivity contribution in [2.24, 2.45) is 5.92 Å². The summed E-state index contributed by atoms with van der Waals surface area (Å²) in [6.07, 6.45) is 6.71. The minimum absolute atomic E-state index is 0.0561. The van der Waals surface area contributed by atoms with Crippen LogP contribution in [0.3, 0.4) is 0 Å². The van der Waals surface area contributed by atoms with Crippen molar-refractivity contribution < 1.29 is 13.2 Å². The second-order valence-corrected chi connectivity index (χ2v) is 9.03. The molecule has 0 unspecified atom stereocenters. The second kappa shape index (κ2) is 9.12. The van der Waals surface area contributed by atoms with Gasteiger partial charge in [-0.15, -0.1) is 0 Å². The molecule has 0 saturated carbocycles. The topological polar surface area (TPSA) is 79.4 Å². The van der Waals surface area contributed by atoms with Gasteiger partial charge in [-0.3, -0.25) is 9.78 Å². The lowest BCUT2D eigenvalue weighted by Crippen LogP contribution is -2.42. The number of carbonyl (C=O) groups is 1. The third-order valence-corrected chi connectivity index (χ3v) is 6.75. The summed E-state index contributed by atoms with van der Waals surface area (Å²) in [7, 11) is -3.18. The molecule has 2 aromatic rings.